The van der Waals surface area contributed by atoms with Crippen molar-refractivity contribution >= 4 is 46.9 Å². The van der Waals surface area contributed by atoms with E-state index in [0.29, 0.717) is 31.2 Å². The van der Waals surface area contributed by atoms with Crippen LogP contribution >= 0.6 is 24.2 Å². The Morgan fingerprint density at radius 1 is 1.10 bits per heavy atom. The van der Waals surface area contributed by atoms with E-state index in [0.717, 1.165) is 50.8 Å². The van der Waals surface area contributed by atoms with Crippen LogP contribution in [0, 0.1) is 11.8 Å². The summed E-state index contributed by atoms with van der Waals surface area (Å²) in [5.74, 6) is -0.736. The number of amidine groups is 1. The SMILES string of the molecule is CN1CCSC1=NNC(=O)C(=O)[C@H](NC(=O)C1CCCCCC1)C1CCOCC1.Cl. The number of ketones is 1. The van der Waals surface area contributed by atoms with Gasteiger partial charge in [0, 0.05) is 38.5 Å². The summed E-state index contributed by atoms with van der Waals surface area (Å²) in [6.07, 6.45) is 7.40. The topological polar surface area (TPSA) is 100 Å². The molecule has 0 radical (unpaired) electrons. The van der Waals surface area contributed by atoms with Gasteiger partial charge in [-0.05, 0) is 31.6 Å². The van der Waals surface area contributed by atoms with E-state index >= 15 is 0 Å². The van der Waals surface area contributed by atoms with Gasteiger partial charge < -0.3 is 15.0 Å². The maximum absolute atomic E-state index is 13.0. The van der Waals surface area contributed by atoms with Crippen molar-refractivity contribution in [2.24, 2.45) is 16.9 Å². The normalized spacial score (nSPS) is 23.4. The molecule has 10 heteroatoms. The first-order valence-electron chi connectivity index (χ1n) is 10.7. The molecule has 0 unspecified atom stereocenters. The fourth-order valence-corrected chi connectivity index (χ4v) is 5.12. The van der Waals surface area contributed by atoms with Gasteiger partial charge in [-0.3, -0.25) is 14.4 Å². The number of nitrogens with zero attached hydrogens (tertiary/aromatic N) is 2. The van der Waals surface area contributed by atoms with Gasteiger partial charge in [0.15, 0.2) is 5.17 Å². The number of carbonyl (C=O) groups is 3. The van der Waals surface area contributed by atoms with Crippen molar-refractivity contribution in [1.29, 1.82) is 0 Å². The van der Waals surface area contributed by atoms with Crippen LogP contribution in [0.3, 0.4) is 0 Å². The standard InChI is InChI=1S/C20H32N4O4S.ClH/c1-24-10-13-29-20(24)23-22-19(27)17(25)16(14-8-11-28-12-9-14)21-18(26)15-6-4-2-3-5-7-15;/h14-16H,2-13H2,1H3,(H,21,26)(H,22,27);1H/t16-;/m1./s1. The van der Waals surface area contributed by atoms with Gasteiger partial charge in [-0.15, -0.1) is 17.5 Å². The minimum atomic E-state index is -0.816. The monoisotopic (exact) mass is 460 g/mol. The molecule has 2 heterocycles. The van der Waals surface area contributed by atoms with Crippen LogP contribution in [-0.4, -0.2) is 66.3 Å². The zero-order valence-corrected chi connectivity index (χ0v) is 19.2. The van der Waals surface area contributed by atoms with Crippen molar-refractivity contribution in [3.05, 3.63) is 0 Å². The number of nitrogens with one attached hydrogen (secondary N) is 2. The van der Waals surface area contributed by atoms with Gasteiger partial charge in [0.1, 0.15) is 6.04 Å². The molecule has 2 saturated heterocycles. The third kappa shape index (κ3) is 6.85. The van der Waals surface area contributed by atoms with Crippen LogP contribution < -0.4 is 10.7 Å². The quantitative estimate of drug-likeness (QED) is 0.357. The van der Waals surface area contributed by atoms with Gasteiger partial charge in [-0.25, -0.2) is 5.43 Å². The summed E-state index contributed by atoms with van der Waals surface area (Å²) in [7, 11) is 1.89. The Balaban J connectivity index is 0.00000320. The van der Waals surface area contributed by atoms with E-state index in [1.54, 1.807) is 0 Å². The van der Waals surface area contributed by atoms with Crippen LogP contribution in [0.5, 0.6) is 0 Å². The highest BCUT2D eigenvalue weighted by Crippen LogP contribution is 2.25. The third-order valence-corrected chi connectivity index (χ3v) is 7.05. The number of hydrazone groups is 1. The van der Waals surface area contributed by atoms with Gasteiger partial charge in [-0.1, -0.05) is 37.4 Å². The van der Waals surface area contributed by atoms with E-state index in [-0.39, 0.29) is 30.2 Å². The molecule has 2 amide bonds. The molecule has 1 atom stereocenters. The number of hydrogen-bond donors (Lipinski definition) is 2. The lowest BCUT2D eigenvalue weighted by molar-refractivity contribution is -0.142. The van der Waals surface area contributed by atoms with E-state index in [9.17, 15) is 14.4 Å². The second kappa shape index (κ2) is 12.5. The number of amides is 2. The minimum absolute atomic E-state index is 0. The van der Waals surface area contributed by atoms with Crippen LogP contribution in [0.15, 0.2) is 5.10 Å². The molecular weight excluding hydrogens is 428 g/mol. The highest BCUT2D eigenvalue weighted by molar-refractivity contribution is 8.14. The van der Waals surface area contributed by atoms with E-state index in [4.69, 9.17) is 4.74 Å². The Labute approximate surface area is 188 Å². The Hall–Kier alpha value is -1.32. The molecule has 8 nitrogen and oxygen atoms in total. The van der Waals surface area contributed by atoms with Crippen LogP contribution in [-0.2, 0) is 19.1 Å². The Morgan fingerprint density at radius 2 is 1.77 bits per heavy atom. The van der Waals surface area contributed by atoms with Gasteiger partial charge >= 0.3 is 5.91 Å². The summed E-state index contributed by atoms with van der Waals surface area (Å²) < 4.78 is 5.40. The van der Waals surface area contributed by atoms with E-state index in [1.165, 1.54) is 11.8 Å². The summed E-state index contributed by atoms with van der Waals surface area (Å²) in [5.41, 5.74) is 2.39. The average molecular weight is 461 g/mol. The molecule has 2 N–H and O–H groups in total. The second-order valence-corrected chi connectivity index (χ2v) is 9.16. The number of thioether (sulfide) groups is 1. The number of rotatable bonds is 6. The first kappa shape index (κ1) is 24.9. The van der Waals surface area contributed by atoms with Gasteiger partial charge in [0.2, 0.25) is 11.7 Å². The first-order chi connectivity index (χ1) is 14.1. The molecule has 1 aliphatic carbocycles. The van der Waals surface area contributed by atoms with Gasteiger partial charge in [-0.2, -0.15) is 0 Å². The smallest absolute Gasteiger partial charge is 0.309 e. The third-order valence-electron chi connectivity index (χ3n) is 6.00. The second-order valence-electron chi connectivity index (χ2n) is 8.09. The lowest BCUT2D eigenvalue weighted by atomic mass is 9.87. The van der Waals surface area contributed by atoms with Crippen LogP contribution in [0.1, 0.15) is 51.4 Å². The fraction of sp³-hybridized carbons (Fsp3) is 0.800. The van der Waals surface area contributed by atoms with Crippen molar-refractivity contribution < 1.29 is 19.1 Å². The molecule has 1 saturated carbocycles. The molecule has 2 aliphatic heterocycles. The molecular formula is C20H33ClN4O4S. The summed E-state index contributed by atoms with van der Waals surface area (Å²) in [5, 5.41) is 7.71. The summed E-state index contributed by atoms with van der Waals surface area (Å²) in [6, 6.07) is -0.816. The molecule has 170 valence electrons. The highest BCUT2D eigenvalue weighted by atomic mass is 35.5. The fourth-order valence-electron chi connectivity index (χ4n) is 4.15. The molecule has 0 spiro atoms. The van der Waals surface area contributed by atoms with Crippen molar-refractivity contribution in [2.75, 3.05) is 32.6 Å². The minimum Gasteiger partial charge on any atom is -0.381 e. The summed E-state index contributed by atoms with van der Waals surface area (Å²) in [4.78, 5) is 40.3. The Morgan fingerprint density at radius 3 is 2.37 bits per heavy atom. The molecule has 0 aromatic carbocycles. The summed E-state index contributed by atoms with van der Waals surface area (Å²) >= 11 is 1.54. The zero-order chi connectivity index (χ0) is 20.6. The van der Waals surface area contributed by atoms with E-state index in [1.807, 2.05) is 11.9 Å². The average Bonchev–Trinajstić information content (AvgIpc) is 2.97. The number of ether oxygens (including phenoxy) is 1. The first-order valence-corrected chi connectivity index (χ1v) is 11.7. The van der Waals surface area contributed by atoms with Crippen LogP contribution in [0.4, 0.5) is 0 Å². The van der Waals surface area contributed by atoms with Crippen LogP contribution in [0.2, 0.25) is 0 Å². The van der Waals surface area contributed by atoms with Crippen molar-refractivity contribution in [2.45, 2.75) is 57.4 Å². The van der Waals surface area contributed by atoms with Crippen molar-refractivity contribution in [3.8, 4) is 0 Å². The zero-order valence-electron chi connectivity index (χ0n) is 17.6. The lowest BCUT2D eigenvalue weighted by Gasteiger charge is -2.30. The van der Waals surface area contributed by atoms with Crippen molar-refractivity contribution in [3.63, 3.8) is 0 Å². The molecule has 3 fully saturated rings. The number of halogens is 1. The van der Waals surface area contributed by atoms with Crippen LogP contribution in [0.25, 0.3) is 0 Å². The molecule has 0 bridgehead atoms. The number of carbonyl (C=O) groups excluding carboxylic acids is 3. The predicted molar refractivity (Wildman–Crippen MR) is 120 cm³/mol. The van der Waals surface area contributed by atoms with Gasteiger partial charge in [0.05, 0.1) is 0 Å². The van der Waals surface area contributed by atoms with E-state index < -0.39 is 17.7 Å². The summed E-state index contributed by atoms with van der Waals surface area (Å²) in [6.45, 7) is 1.94. The van der Waals surface area contributed by atoms with Gasteiger partial charge in [0.25, 0.3) is 0 Å². The maximum atomic E-state index is 13.0. The van der Waals surface area contributed by atoms with Crippen molar-refractivity contribution in [1.82, 2.24) is 15.6 Å². The highest BCUT2D eigenvalue weighted by Gasteiger charge is 2.36. The largest absolute Gasteiger partial charge is 0.381 e. The van der Waals surface area contributed by atoms with E-state index in [2.05, 4.69) is 15.8 Å². The molecule has 3 aliphatic rings. The lowest BCUT2D eigenvalue weighted by Crippen LogP contribution is -2.53. The molecule has 3 rings (SSSR count). The molecule has 30 heavy (non-hydrogen) atoms. The number of hydrogen-bond acceptors (Lipinski definition) is 6. The number of Topliss-reactive ketones (excluding diaryl/α,β-unsaturated/α-hetero) is 1. The Bertz CT molecular complexity index is 634. The predicted octanol–water partition coefficient (Wildman–Crippen LogP) is 1.92. The Kier molecular flexibility index (Phi) is 10.4. The molecule has 0 aromatic rings. The maximum Gasteiger partial charge on any atom is 0.309 e. The molecule has 0 aromatic heterocycles.